The second kappa shape index (κ2) is 6.30. The van der Waals surface area contributed by atoms with Crippen LogP contribution in [0.3, 0.4) is 0 Å². The number of methoxy groups -OCH3 is 1. The Labute approximate surface area is 122 Å². The second-order valence-corrected chi connectivity index (χ2v) is 4.74. The van der Waals surface area contributed by atoms with Gasteiger partial charge in [0, 0.05) is 22.8 Å². The number of nitrogens with two attached hydrogens (primary N) is 1. The van der Waals surface area contributed by atoms with Gasteiger partial charge in [-0.1, -0.05) is 23.7 Å². The van der Waals surface area contributed by atoms with Gasteiger partial charge >= 0.3 is 0 Å². The topological polar surface area (TPSA) is 64.3 Å². The normalized spacial score (nSPS) is 10.1. The molecule has 0 unspecified atom stereocenters. The number of ether oxygens (including phenoxy) is 1. The van der Waals surface area contributed by atoms with Crippen LogP contribution in [0.25, 0.3) is 0 Å². The van der Waals surface area contributed by atoms with E-state index < -0.39 is 0 Å². The summed E-state index contributed by atoms with van der Waals surface area (Å²) >= 11 is 5.87. The van der Waals surface area contributed by atoms with Crippen LogP contribution < -0.4 is 15.8 Å². The molecule has 0 saturated heterocycles. The van der Waals surface area contributed by atoms with Crippen molar-refractivity contribution in [3.63, 3.8) is 0 Å². The van der Waals surface area contributed by atoms with Crippen LogP contribution in [0.4, 0.5) is 5.69 Å². The Morgan fingerprint density at radius 2 is 1.95 bits per heavy atom. The molecule has 0 radical (unpaired) electrons. The van der Waals surface area contributed by atoms with E-state index in [1.165, 1.54) is 0 Å². The van der Waals surface area contributed by atoms with Gasteiger partial charge in [0.05, 0.1) is 7.11 Å². The Morgan fingerprint density at radius 1 is 1.25 bits per heavy atom. The van der Waals surface area contributed by atoms with Gasteiger partial charge in [-0.05, 0) is 35.9 Å². The van der Waals surface area contributed by atoms with Crippen molar-refractivity contribution < 1.29 is 9.53 Å². The summed E-state index contributed by atoms with van der Waals surface area (Å²) in [6, 6.07) is 12.3. The molecule has 0 heterocycles. The number of carbonyl (C=O) groups is 1. The van der Waals surface area contributed by atoms with E-state index in [0.29, 0.717) is 22.8 Å². The molecule has 0 spiro atoms. The monoisotopic (exact) mass is 290 g/mol. The first-order valence-corrected chi connectivity index (χ1v) is 6.43. The second-order valence-electron chi connectivity index (χ2n) is 4.30. The number of anilines is 1. The number of rotatable bonds is 4. The van der Waals surface area contributed by atoms with Crippen molar-refractivity contribution in [2.24, 2.45) is 0 Å². The first-order chi connectivity index (χ1) is 9.58. The summed E-state index contributed by atoms with van der Waals surface area (Å²) < 4.78 is 5.07. The van der Waals surface area contributed by atoms with E-state index in [0.717, 1.165) is 11.3 Å². The highest BCUT2D eigenvalue weighted by Gasteiger charge is 2.07. The zero-order valence-corrected chi connectivity index (χ0v) is 11.8. The van der Waals surface area contributed by atoms with Gasteiger partial charge in [-0.25, -0.2) is 0 Å². The van der Waals surface area contributed by atoms with Crippen LogP contribution in [0.2, 0.25) is 5.02 Å². The van der Waals surface area contributed by atoms with Crippen molar-refractivity contribution in [2.45, 2.75) is 6.54 Å². The minimum absolute atomic E-state index is 0.213. The molecule has 2 aromatic carbocycles. The molecule has 20 heavy (non-hydrogen) atoms. The Morgan fingerprint density at radius 3 is 2.55 bits per heavy atom. The van der Waals surface area contributed by atoms with E-state index in [-0.39, 0.29) is 5.91 Å². The maximum Gasteiger partial charge on any atom is 0.251 e. The molecule has 0 bridgehead atoms. The number of hydrogen-bond acceptors (Lipinski definition) is 3. The van der Waals surface area contributed by atoms with Gasteiger partial charge in [0.1, 0.15) is 5.75 Å². The van der Waals surface area contributed by atoms with Gasteiger partial charge in [-0.3, -0.25) is 4.79 Å². The number of amides is 1. The quantitative estimate of drug-likeness (QED) is 0.851. The molecule has 104 valence electrons. The average molecular weight is 291 g/mol. The van der Waals surface area contributed by atoms with Gasteiger partial charge in [0.25, 0.3) is 5.91 Å². The average Bonchev–Trinajstić information content (AvgIpc) is 2.44. The fourth-order valence-electron chi connectivity index (χ4n) is 1.77. The molecule has 0 aliphatic rings. The van der Waals surface area contributed by atoms with Crippen LogP contribution in [0.5, 0.6) is 5.75 Å². The Bertz CT molecular complexity index is 592. The summed E-state index contributed by atoms with van der Waals surface area (Å²) in [4.78, 5) is 12.0. The molecule has 0 aromatic heterocycles. The van der Waals surface area contributed by atoms with Crippen LogP contribution in [0.15, 0.2) is 42.5 Å². The van der Waals surface area contributed by atoms with Gasteiger partial charge in [-0.2, -0.15) is 0 Å². The summed E-state index contributed by atoms with van der Waals surface area (Å²) in [5, 5.41) is 3.26. The van der Waals surface area contributed by atoms with E-state index >= 15 is 0 Å². The zero-order chi connectivity index (χ0) is 14.5. The molecule has 2 rings (SSSR count). The number of nitrogens with one attached hydrogen (secondary N) is 1. The number of hydrogen-bond donors (Lipinski definition) is 2. The SMILES string of the molecule is COc1ccc(CNC(=O)c2cc(N)cc(Cl)c2)cc1. The van der Waals surface area contributed by atoms with E-state index in [1.807, 2.05) is 24.3 Å². The van der Waals surface area contributed by atoms with Crippen molar-refractivity contribution in [2.75, 3.05) is 12.8 Å². The number of carbonyl (C=O) groups excluding carboxylic acids is 1. The standard InChI is InChI=1S/C15H15ClN2O2/c1-20-14-4-2-10(3-5-14)9-18-15(19)11-6-12(16)8-13(17)7-11/h2-8H,9,17H2,1H3,(H,18,19). The predicted octanol–water partition coefficient (Wildman–Crippen LogP) is 2.86. The van der Waals surface area contributed by atoms with Crippen molar-refractivity contribution in [1.82, 2.24) is 5.32 Å². The molecule has 4 nitrogen and oxygen atoms in total. The lowest BCUT2D eigenvalue weighted by molar-refractivity contribution is 0.0951. The number of halogens is 1. The van der Waals surface area contributed by atoms with E-state index in [9.17, 15) is 4.79 Å². The molecule has 3 N–H and O–H groups in total. The molecular weight excluding hydrogens is 276 g/mol. The Balaban J connectivity index is 2.00. The van der Waals surface area contributed by atoms with Gasteiger partial charge in [-0.15, -0.1) is 0 Å². The third kappa shape index (κ3) is 3.65. The molecule has 0 fully saturated rings. The van der Waals surface area contributed by atoms with Crippen LogP contribution >= 0.6 is 11.6 Å². The highest BCUT2D eigenvalue weighted by Crippen LogP contribution is 2.17. The maximum absolute atomic E-state index is 12.0. The predicted molar refractivity (Wildman–Crippen MR) is 80.0 cm³/mol. The highest BCUT2D eigenvalue weighted by atomic mass is 35.5. The lowest BCUT2D eigenvalue weighted by atomic mass is 10.1. The summed E-state index contributed by atoms with van der Waals surface area (Å²) in [6.45, 7) is 0.426. The summed E-state index contributed by atoms with van der Waals surface area (Å²) in [6.07, 6.45) is 0. The van der Waals surface area contributed by atoms with Crippen LogP contribution in [0.1, 0.15) is 15.9 Å². The lowest BCUT2D eigenvalue weighted by Gasteiger charge is -2.07. The first kappa shape index (κ1) is 14.2. The van der Waals surface area contributed by atoms with E-state index in [1.54, 1.807) is 25.3 Å². The molecule has 5 heteroatoms. The van der Waals surface area contributed by atoms with Crippen LogP contribution in [0, 0.1) is 0 Å². The highest BCUT2D eigenvalue weighted by molar-refractivity contribution is 6.31. The molecule has 2 aromatic rings. The zero-order valence-electron chi connectivity index (χ0n) is 11.0. The van der Waals surface area contributed by atoms with Gasteiger partial charge in [0.2, 0.25) is 0 Å². The molecule has 0 aliphatic carbocycles. The largest absolute Gasteiger partial charge is 0.497 e. The molecule has 0 aliphatic heterocycles. The minimum atomic E-state index is -0.213. The van der Waals surface area contributed by atoms with Crippen molar-refractivity contribution in [3.05, 3.63) is 58.6 Å². The third-order valence-corrected chi connectivity index (χ3v) is 3.01. The fourth-order valence-corrected chi connectivity index (χ4v) is 2.01. The van der Waals surface area contributed by atoms with Crippen LogP contribution in [-0.4, -0.2) is 13.0 Å². The smallest absolute Gasteiger partial charge is 0.251 e. The molecular formula is C15H15ClN2O2. The van der Waals surface area contributed by atoms with Crippen LogP contribution in [-0.2, 0) is 6.54 Å². The lowest BCUT2D eigenvalue weighted by Crippen LogP contribution is -2.22. The molecule has 0 saturated carbocycles. The first-order valence-electron chi connectivity index (χ1n) is 6.05. The van der Waals surface area contributed by atoms with Crippen molar-refractivity contribution in [3.8, 4) is 5.75 Å². The third-order valence-electron chi connectivity index (χ3n) is 2.79. The Kier molecular flexibility index (Phi) is 4.48. The number of benzene rings is 2. The maximum atomic E-state index is 12.0. The fraction of sp³-hybridized carbons (Fsp3) is 0.133. The summed E-state index contributed by atoms with van der Waals surface area (Å²) in [5.74, 6) is 0.567. The van der Waals surface area contributed by atoms with Crippen molar-refractivity contribution >= 4 is 23.2 Å². The van der Waals surface area contributed by atoms with Crippen molar-refractivity contribution in [1.29, 1.82) is 0 Å². The summed E-state index contributed by atoms with van der Waals surface area (Å²) in [5.41, 5.74) is 7.55. The molecule has 1 amide bonds. The Hall–Kier alpha value is -2.20. The molecule has 0 atom stereocenters. The van der Waals surface area contributed by atoms with E-state index in [4.69, 9.17) is 22.1 Å². The van der Waals surface area contributed by atoms with Gasteiger partial charge in [0.15, 0.2) is 0 Å². The summed E-state index contributed by atoms with van der Waals surface area (Å²) in [7, 11) is 1.61. The van der Waals surface area contributed by atoms with Gasteiger partial charge < -0.3 is 15.8 Å². The van der Waals surface area contributed by atoms with E-state index in [2.05, 4.69) is 5.32 Å². The number of nitrogen functional groups attached to an aromatic ring is 1. The minimum Gasteiger partial charge on any atom is -0.497 e.